The molecule has 0 bridgehead atoms. The van der Waals surface area contributed by atoms with Crippen molar-refractivity contribution in [3.8, 4) is 0 Å². The minimum absolute atomic E-state index is 0.316. The molecule has 0 saturated heterocycles. The Kier molecular flexibility index (Phi) is 7.17. The van der Waals surface area contributed by atoms with Gasteiger partial charge < -0.3 is 9.47 Å². The molecule has 0 amide bonds. The maximum Gasteiger partial charge on any atom is 0.178 e. The van der Waals surface area contributed by atoms with E-state index >= 15 is 0 Å². The van der Waals surface area contributed by atoms with Crippen LogP contribution in [0.4, 0.5) is 0 Å². The Labute approximate surface area is 169 Å². The van der Waals surface area contributed by atoms with Crippen LogP contribution in [0.1, 0.15) is 6.92 Å². The molecule has 0 aromatic heterocycles. The lowest BCUT2D eigenvalue weighted by atomic mass is 10.3. The van der Waals surface area contributed by atoms with Gasteiger partial charge in [0.05, 0.1) is 6.16 Å². The number of allylic oxidation sites excluding steroid dienone is 1. The van der Waals surface area contributed by atoms with E-state index in [0.717, 1.165) is 11.7 Å². The van der Waals surface area contributed by atoms with Gasteiger partial charge in [-0.25, -0.2) is 0 Å². The molecule has 0 aliphatic carbocycles. The molecule has 0 atom stereocenters. The molecule has 3 aromatic rings. The molecule has 3 rings (SSSR count). The van der Waals surface area contributed by atoms with E-state index in [0.29, 0.717) is 0 Å². The predicted molar refractivity (Wildman–Crippen MR) is 122 cm³/mol. The molecule has 0 unspecified atom stereocenters. The second kappa shape index (κ2) is 9.80. The third-order valence-corrected chi connectivity index (χ3v) is 9.35. The first-order chi connectivity index (χ1) is 13.7. The average molecular weight is 391 g/mol. The summed E-state index contributed by atoms with van der Waals surface area (Å²) in [6.45, 7) is 2.08. The van der Waals surface area contributed by atoms with Crippen LogP contribution in [-0.4, -0.2) is 26.7 Å². The first-order valence-electron chi connectivity index (χ1n) is 9.49. The summed E-state index contributed by atoms with van der Waals surface area (Å²) in [5.74, 6) is 0. The number of benzene rings is 3. The van der Waals surface area contributed by atoms with E-state index in [2.05, 4.69) is 104 Å². The van der Waals surface area contributed by atoms with Gasteiger partial charge in [0.15, 0.2) is 6.29 Å². The fraction of sp³-hybridized carbons (Fsp3) is 0.200. The summed E-state index contributed by atoms with van der Waals surface area (Å²) in [6, 6.07) is 32.7. The summed E-state index contributed by atoms with van der Waals surface area (Å²) in [6.07, 6.45) is 2.89. The molecule has 3 heteroatoms. The summed E-state index contributed by atoms with van der Waals surface area (Å²) in [4.78, 5) is 0. The Morgan fingerprint density at radius 1 is 0.714 bits per heavy atom. The highest BCUT2D eigenvalue weighted by Gasteiger charge is 2.44. The van der Waals surface area contributed by atoms with E-state index in [-0.39, 0.29) is 6.29 Å². The lowest BCUT2D eigenvalue weighted by molar-refractivity contribution is -0.0747. The molecule has 0 saturated carbocycles. The van der Waals surface area contributed by atoms with Gasteiger partial charge in [-0.15, -0.1) is 0 Å². The maximum absolute atomic E-state index is 5.47. The molecule has 0 aliphatic heterocycles. The van der Waals surface area contributed by atoms with Crippen molar-refractivity contribution in [3.05, 3.63) is 103 Å². The van der Waals surface area contributed by atoms with Crippen molar-refractivity contribution in [2.75, 3.05) is 20.4 Å². The van der Waals surface area contributed by atoms with Crippen molar-refractivity contribution in [1.29, 1.82) is 0 Å². The van der Waals surface area contributed by atoms with Crippen LogP contribution in [0.2, 0.25) is 0 Å². The molecule has 28 heavy (non-hydrogen) atoms. The van der Waals surface area contributed by atoms with E-state index < -0.39 is 7.26 Å². The van der Waals surface area contributed by atoms with Crippen LogP contribution in [-0.2, 0) is 9.47 Å². The molecular formula is C25H28O2P+. The van der Waals surface area contributed by atoms with E-state index in [1.807, 2.05) is 0 Å². The molecule has 0 N–H and O–H groups in total. The topological polar surface area (TPSA) is 18.5 Å². The molecule has 2 nitrogen and oxygen atoms in total. The Bertz CT molecular complexity index is 776. The summed E-state index contributed by atoms with van der Waals surface area (Å²) in [5.41, 5.74) is 1.09. The van der Waals surface area contributed by atoms with Crippen LogP contribution in [0, 0.1) is 0 Å². The highest BCUT2D eigenvalue weighted by atomic mass is 31.2. The smallest absolute Gasteiger partial charge is 0.178 e. The van der Waals surface area contributed by atoms with Gasteiger partial charge in [0.25, 0.3) is 0 Å². The predicted octanol–water partition coefficient (Wildman–Crippen LogP) is 4.55. The zero-order chi connectivity index (χ0) is 19.8. The van der Waals surface area contributed by atoms with E-state index in [1.165, 1.54) is 15.9 Å². The number of rotatable bonds is 8. The van der Waals surface area contributed by atoms with Crippen LogP contribution in [0.25, 0.3) is 0 Å². The minimum atomic E-state index is -1.86. The van der Waals surface area contributed by atoms with E-state index in [9.17, 15) is 0 Å². The van der Waals surface area contributed by atoms with Gasteiger partial charge >= 0.3 is 0 Å². The first kappa shape index (κ1) is 20.5. The van der Waals surface area contributed by atoms with Gasteiger partial charge in [-0.1, -0.05) is 54.6 Å². The monoisotopic (exact) mass is 391 g/mol. The van der Waals surface area contributed by atoms with Crippen molar-refractivity contribution >= 4 is 23.2 Å². The Morgan fingerprint density at radius 2 is 1.07 bits per heavy atom. The lowest BCUT2D eigenvalue weighted by Crippen LogP contribution is -2.33. The van der Waals surface area contributed by atoms with Gasteiger partial charge in [-0.2, -0.15) is 0 Å². The molecule has 3 aromatic carbocycles. The van der Waals surface area contributed by atoms with Crippen molar-refractivity contribution in [1.82, 2.24) is 0 Å². The summed E-state index contributed by atoms with van der Waals surface area (Å²) >= 11 is 0. The normalized spacial score (nSPS) is 12.4. The second-order valence-corrected chi connectivity index (χ2v) is 10.3. The summed E-state index contributed by atoms with van der Waals surface area (Å²) in [7, 11) is 1.50. The molecule has 0 radical (unpaired) electrons. The summed E-state index contributed by atoms with van der Waals surface area (Å²) < 4.78 is 10.9. The minimum Gasteiger partial charge on any atom is -0.352 e. The van der Waals surface area contributed by atoms with Crippen molar-refractivity contribution in [2.24, 2.45) is 0 Å². The molecule has 144 valence electrons. The fourth-order valence-electron chi connectivity index (χ4n) is 3.66. The third kappa shape index (κ3) is 4.25. The quantitative estimate of drug-likeness (QED) is 0.319. The van der Waals surface area contributed by atoms with Gasteiger partial charge in [-0.3, -0.25) is 0 Å². The molecule has 0 fully saturated rings. The molecule has 0 spiro atoms. The van der Waals surface area contributed by atoms with Gasteiger partial charge in [-0.05, 0) is 55.0 Å². The van der Waals surface area contributed by atoms with Crippen molar-refractivity contribution in [2.45, 2.75) is 13.2 Å². The zero-order valence-corrected chi connectivity index (χ0v) is 17.7. The Balaban J connectivity index is 2.21. The number of hydrogen-bond donors (Lipinski definition) is 0. The lowest BCUT2D eigenvalue weighted by Gasteiger charge is -2.27. The van der Waals surface area contributed by atoms with Gasteiger partial charge in [0.2, 0.25) is 0 Å². The third-order valence-electron chi connectivity index (χ3n) is 5.08. The van der Waals surface area contributed by atoms with Crippen LogP contribution < -0.4 is 15.9 Å². The number of methoxy groups -OCH3 is 2. The van der Waals surface area contributed by atoms with Crippen LogP contribution in [0.5, 0.6) is 0 Å². The fourth-order valence-corrected chi connectivity index (χ4v) is 7.79. The number of ether oxygens (including phenoxy) is 2. The van der Waals surface area contributed by atoms with E-state index in [4.69, 9.17) is 9.47 Å². The summed E-state index contributed by atoms with van der Waals surface area (Å²) in [5, 5.41) is 4.13. The van der Waals surface area contributed by atoms with Gasteiger partial charge in [0, 0.05) is 14.2 Å². The average Bonchev–Trinajstić information content (AvgIpc) is 2.77. The Morgan fingerprint density at radius 3 is 1.39 bits per heavy atom. The van der Waals surface area contributed by atoms with Crippen LogP contribution >= 0.6 is 7.26 Å². The Hall–Kier alpha value is -2.25. The first-order valence-corrected chi connectivity index (χ1v) is 11.5. The number of hydrogen-bond acceptors (Lipinski definition) is 2. The largest absolute Gasteiger partial charge is 0.352 e. The van der Waals surface area contributed by atoms with Crippen LogP contribution in [0.3, 0.4) is 0 Å². The SMILES string of the molecule is COC(OC)C(C)=CC[P+](c1ccccc1)(c1ccccc1)c1ccccc1. The standard InChI is InChI=1S/C25H28O2P/c1-21(25(26-2)27-3)19-20-28(22-13-7-4-8-14-22,23-15-9-5-10-16-23)24-17-11-6-12-18-24/h4-19,25H,20H2,1-3H3/q+1. The van der Waals surface area contributed by atoms with Gasteiger partial charge in [0.1, 0.15) is 23.2 Å². The molecular weight excluding hydrogens is 363 g/mol. The van der Waals surface area contributed by atoms with Crippen molar-refractivity contribution < 1.29 is 9.47 Å². The highest BCUT2D eigenvalue weighted by molar-refractivity contribution is 7.95. The maximum atomic E-state index is 5.47. The second-order valence-electron chi connectivity index (χ2n) is 6.75. The molecule has 0 aliphatic rings. The van der Waals surface area contributed by atoms with Crippen molar-refractivity contribution in [3.63, 3.8) is 0 Å². The highest BCUT2D eigenvalue weighted by Crippen LogP contribution is 2.55. The van der Waals surface area contributed by atoms with Crippen LogP contribution in [0.15, 0.2) is 103 Å². The molecule has 0 heterocycles. The zero-order valence-electron chi connectivity index (χ0n) is 16.8. The van der Waals surface area contributed by atoms with E-state index in [1.54, 1.807) is 14.2 Å².